The molecule has 4 nitrogen and oxygen atoms in total. The van der Waals surface area contributed by atoms with Gasteiger partial charge in [-0.1, -0.05) is 6.07 Å². The molecule has 2 rings (SSSR count). The first-order valence-electron chi connectivity index (χ1n) is 6.82. The zero-order valence-electron chi connectivity index (χ0n) is 12.5. The third kappa shape index (κ3) is 4.73. The Balaban J connectivity index is 1.90. The molecule has 1 N–H and O–H groups in total. The number of ether oxygens (including phenoxy) is 1. The normalized spacial score (nSPS) is 11.2. The van der Waals surface area contributed by atoms with Gasteiger partial charge in [0.1, 0.15) is 23.9 Å². The van der Waals surface area contributed by atoms with Crippen molar-refractivity contribution < 1.29 is 17.5 Å². The van der Waals surface area contributed by atoms with Gasteiger partial charge in [-0.25, -0.2) is 12.8 Å². The Labute approximate surface area is 130 Å². The Kier molecular flexibility index (Phi) is 5.03. The second kappa shape index (κ2) is 6.79. The lowest BCUT2D eigenvalue weighted by molar-refractivity contribution is 0.340. The summed E-state index contributed by atoms with van der Waals surface area (Å²) in [7, 11) is -3.49. The molecule has 0 saturated carbocycles. The Hall–Kier alpha value is -2.08. The number of sulfonamides is 1. The van der Waals surface area contributed by atoms with Crippen LogP contribution in [0.1, 0.15) is 11.1 Å². The summed E-state index contributed by atoms with van der Waals surface area (Å²) >= 11 is 0. The first kappa shape index (κ1) is 16.3. The molecule has 0 aliphatic heterocycles. The highest BCUT2D eigenvalue weighted by molar-refractivity contribution is 7.92. The average Bonchev–Trinajstić information content (AvgIpc) is 2.45. The summed E-state index contributed by atoms with van der Waals surface area (Å²) < 4.78 is 44.5. The molecule has 0 spiro atoms. The molecule has 0 unspecified atom stereocenters. The highest BCUT2D eigenvalue weighted by atomic mass is 32.2. The summed E-state index contributed by atoms with van der Waals surface area (Å²) in [6, 6.07) is 10.8. The molecular weight excluding hydrogens is 305 g/mol. The van der Waals surface area contributed by atoms with Gasteiger partial charge >= 0.3 is 0 Å². The van der Waals surface area contributed by atoms with Crippen LogP contribution in [0, 0.1) is 19.7 Å². The van der Waals surface area contributed by atoms with Gasteiger partial charge in [0, 0.05) is 5.69 Å². The van der Waals surface area contributed by atoms with Crippen LogP contribution in [-0.2, 0) is 10.0 Å². The number of nitrogens with one attached hydrogen (secondary N) is 1. The van der Waals surface area contributed by atoms with E-state index in [9.17, 15) is 12.8 Å². The van der Waals surface area contributed by atoms with Gasteiger partial charge in [0.25, 0.3) is 0 Å². The van der Waals surface area contributed by atoms with Gasteiger partial charge in [0.15, 0.2) is 0 Å². The molecule has 0 aliphatic carbocycles. The molecule has 0 bridgehead atoms. The van der Waals surface area contributed by atoms with Crippen LogP contribution in [0.15, 0.2) is 42.5 Å². The Morgan fingerprint density at radius 1 is 1.05 bits per heavy atom. The van der Waals surface area contributed by atoms with Gasteiger partial charge < -0.3 is 4.74 Å². The van der Waals surface area contributed by atoms with Gasteiger partial charge in [-0.2, -0.15) is 0 Å². The van der Waals surface area contributed by atoms with Crippen molar-refractivity contribution in [2.24, 2.45) is 0 Å². The van der Waals surface area contributed by atoms with Gasteiger partial charge in [0.05, 0.1) is 0 Å². The molecule has 0 atom stereocenters. The van der Waals surface area contributed by atoms with Crippen molar-refractivity contribution in [2.75, 3.05) is 17.1 Å². The average molecular weight is 323 g/mol. The number of halogens is 1. The minimum atomic E-state index is -3.49. The predicted molar refractivity (Wildman–Crippen MR) is 85.2 cm³/mol. The molecule has 0 saturated heterocycles. The van der Waals surface area contributed by atoms with E-state index in [0.717, 1.165) is 11.1 Å². The first-order valence-corrected chi connectivity index (χ1v) is 8.47. The second-order valence-corrected chi connectivity index (χ2v) is 6.86. The van der Waals surface area contributed by atoms with Gasteiger partial charge in [-0.05, 0) is 61.4 Å². The quantitative estimate of drug-likeness (QED) is 0.888. The third-order valence-electron chi connectivity index (χ3n) is 3.21. The lowest BCUT2D eigenvalue weighted by atomic mass is 10.1. The lowest BCUT2D eigenvalue weighted by Crippen LogP contribution is -2.21. The minimum Gasteiger partial charge on any atom is -0.492 e. The fourth-order valence-electron chi connectivity index (χ4n) is 1.84. The molecular formula is C16H18FNO3S. The van der Waals surface area contributed by atoms with Crippen LogP contribution in [-0.4, -0.2) is 20.8 Å². The fraction of sp³-hybridized carbons (Fsp3) is 0.250. The van der Waals surface area contributed by atoms with Crippen LogP contribution in [0.2, 0.25) is 0 Å². The van der Waals surface area contributed by atoms with Crippen LogP contribution in [0.25, 0.3) is 0 Å². The van der Waals surface area contributed by atoms with Crippen molar-refractivity contribution >= 4 is 15.7 Å². The molecule has 0 radical (unpaired) electrons. The van der Waals surface area contributed by atoms with Crippen LogP contribution >= 0.6 is 0 Å². The number of rotatable bonds is 6. The summed E-state index contributed by atoms with van der Waals surface area (Å²) in [5.74, 6) is -0.115. The smallest absolute Gasteiger partial charge is 0.236 e. The molecule has 0 amide bonds. The van der Waals surface area contributed by atoms with E-state index >= 15 is 0 Å². The van der Waals surface area contributed by atoms with Crippen molar-refractivity contribution in [1.82, 2.24) is 0 Å². The first-order chi connectivity index (χ1) is 10.4. The molecule has 2 aromatic carbocycles. The van der Waals surface area contributed by atoms with Crippen LogP contribution in [0.3, 0.4) is 0 Å². The van der Waals surface area contributed by atoms with E-state index in [0.29, 0.717) is 11.4 Å². The lowest BCUT2D eigenvalue weighted by Gasteiger charge is -2.10. The predicted octanol–water partition coefficient (Wildman–Crippen LogP) is 3.26. The van der Waals surface area contributed by atoms with Crippen LogP contribution in [0.5, 0.6) is 5.75 Å². The molecule has 0 heterocycles. The molecule has 0 fully saturated rings. The van der Waals surface area contributed by atoms with E-state index in [2.05, 4.69) is 4.72 Å². The Morgan fingerprint density at radius 2 is 1.73 bits per heavy atom. The molecule has 2 aromatic rings. The highest BCUT2D eigenvalue weighted by Gasteiger charge is 2.11. The number of benzene rings is 2. The Morgan fingerprint density at radius 3 is 2.36 bits per heavy atom. The maximum atomic E-state index is 12.7. The monoisotopic (exact) mass is 323 g/mol. The summed E-state index contributed by atoms with van der Waals surface area (Å²) in [6.45, 7) is 3.88. The molecule has 22 heavy (non-hydrogen) atoms. The maximum Gasteiger partial charge on any atom is 0.236 e. The third-order valence-corrected chi connectivity index (χ3v) is 4.47. The molecule has 0 aromatic heterocycles. The largest absolute Gasteiger partial charge is 0.492 e. The maximum absolute atomic E-state index is 12.7. The second-order valence-electron chi connectivity index (χ2n) is 5.02. The van der Waals surface area contributed by atoms with Crippen molar-refractivity contribution in [1.29, 1.82) is 0 Å². The van der Waals surface area contributed by atoms with Gasteiger partial charge in [0.2, 0.25) is 10.0 Å². The van der Waals surface area contributed by atoms with E-state index in [1.807, 2.05) is 19.9 Å². The van der Waals surface area contributed by atoms with E-state index in [4.69, 9.17) is 4.74 Å². The summed E-state index contributed by atoms with van der Waals surface area (Å²) in [6.07, 6.45) is 0. The molecule has 6 heteroatoms. The minimum absolute atomic E-state index is 0.00813. The number of anilines is 1. The SMILES string of the molecule is Cc1ccc(NS(=O)(=O)CCOc2ccc(F)cc2)cc1C. The van der Waals surface area contributed by atoms with E-state index in [1.54, 1.807) is 12.1 Å². The molecule has 118 valence electrons. The van der Waals surface area contributed by atoms with Crippen molar-refractivity contribution in [3.63, 3.8) is 0 Å². The number of hydrogen-bond donors (Lipinski definition) is 1. The summed E-state index contributed by atoms with van der Waals surface area (Å²) in [4.78, 5) is 0. The fourth-order valence-corrected chi connectivity index (χ4v) is 2.73. The summed E-state index contributed by atoms with van der Waals surface area (Å²) in [5, 5.41) is 0. The summed E-state index contributed by atoms with van der Waals surface area (Å²) in [5.41, 5.74) is 2.65. The molecule has 0 aliphatic rings. The van der Waals surface area contributed by atoms with Crippen LogP contribution < -0.4 is 9.46 Å². The van der Waals surface area contributed by atoms with E-state index in [1.165, 1.54) is 24.3 Å². The number of aryl methyl sites for hydroxylation is 2. The number of hydrogen-bond acceptors (Lipinski definition) is 3. The van der Waals surface area contributed by atoms with Crippen molar-refractivity contribution in [3.05, 3.63) is 59.4 Å². The van der Waals surface area contributed by atoms with Gasteiger partial charge in [-0.15, -0.1) is 0 Å². The topological polar surface area (TPSA) is 55.4 Å². The van der Waals surface area contributed by atoms with Gasteiger partial charge in [-0.3, -0.25) is 4.72 Å². The van der Waals surface area contributed by atoms with Crippen molar-refractivity contribution in [3.8, 4) is 5.75 Å². The highest BCUT2D eigenvalue weighted by Crippen LogP contribution is 2.16. The van der Waals surface area contributed by atoms with Crippen molar-refractivity contribution in [2.45, 2.75) is 13.8 Å². The standard InChI is InChI=1S/C16H18FNO3S/c1-12-3-6-15(11-13(12)2)18-22(19,20)10-9-21-16-7-4-14(17)5-8-16/h3-8,11,18H,9-10H2,1-2H3. The Bertz CT molecular complexity index is 742. The van der Waals surface area contributed by atoms with E-state index in [-0.39, 0.29) is 18.2 Å². The zero-order chi connectivity index (χ0) is 16.2. The van der Waals surface area contributed by atoms with Crippen LogP contribution in [0.4, 0.5) is 10.1 Å². The zero-order valence-corrected chi connectivity index (χ0v) is 13.3. The van der Waals surface area contributed by atoms with E-state index < -0.39 is 10.0 Å².